The van der Waals surface area contributed by atoms with Crippen molar-refractivity contribution < 1.29 is 194 Å². The summed E-state index contributed by atoms with van der Waals surface area (Å²) in [5, 5.41) is 263. The fourth-order valence-corrected chi connectivity index (χ4v) is 10.7. The first-order valence-electron chi connectivity index (χ1n) is 26.6. The number of carboxylic acids is 2. The van der Waals surface area contributed by atoms with Crippen LogP contribution < -0.4 is 10.6 Å². The highest BCUT2D eigenvalue weighted by molar-refractivity contribution is 5.78. The Hall–Kier alpha value is -3.44. The monoisotopic (exact) mass is 1280 g/mol. The molecular formula is C46H76N2O39. The van der Waals surface area contributed by atoms with Gasteiger partial charge in [0.05, 0.1) is 51.7 Å². The van der Waals surface area contributed by atoms with E-state index in [-0.39, 0.29) is 0 Å². The molecule has 0 bridgehead atoms. The van der Waals surface area contributed by atoms with E-state index < -0.39 is 271 Å². The van der Waals surface area contributed by atoms with Crippen molar-refractivity contribution in [1.29, 1.82) is 0 Å². The number of hydrogen-bond donors (Lipinski definition) is 26. The lowest BCUT2D eigenvalue weighted by Gasteiger charge is -2.52. The van der Waals surface area contributed by atoms with Gasteiger partial charge in [0.1, 0.15) is 146 Å². The minimum absolute atomic E-state index is 0.882. The molecule has 0 radical (unpaired) electrons. The molecule has 504 valence electrons. The molecule has 34 atom stereocenters. The van der Waals surface area contributed by atoms with Crippen molar-refractivity contribution in [3.05, 3.63) is 0 Å². The molecule has 6 heterocycles. The quantitative estimate of drug-likeness (QED) is 0.0427. The van der Waals surface area contributed by atoms with Gasteiger partial charge in [0, 0.05) is 13.8 Å². The molecule has 2 amide bonds. The number of carbonyl (C=O) groups is 4. The molecular weight excluding hydrogens is 1200 g/mol. The molecule has 0 saturated carbocycles. The molecule has 6 aliphatic rings. The highest BCUT2D eigenvalue weighted by atomic mass is 16.8. The topological polar surface area (TPSA) is 679 Å². The SMILES string of the molecule is CC(=O)N[C@@H]1[C@@H](O)[C@@H](O[C@H]2[C@@H](O)[C@@H](CO)O[C@@H](O[C@@H]3[C@H](O)[C@@H](O)[C@H](O[C@H]4O[C@H](CO)[C@@H](O[C@@H]5O[C@H](CO)[C@H](O)[C@H](O[C@@H]6[C@H](O)[C@@H](NC(C)=O)[C@H]([C@H](O)[C@H](O)CO)O[C@]6(O)C(=O)O)[C@H]5O)[C@H](O)[C@H]4O)O[C@@H]3CO)[C@@H]2O)[C@@](O)(C(=O)O)O[C@H]1[C@H](O)[C@H](O)CO. The summed E-state index contributed by atoms with van der Waals surface area (Å²) in [5.41, 5.74) is 0. The number of ether oxygens (including phenoxy) is 11. The van der Waals surface area contributed by atoms with Gasteiger partial charge in [0.2, 0.25) is 11.8 Å². The van der Waals surface area contributed by atoms with Crippen molar-refractivity contribution in [2.45, 2.75) is 221 Å². The van der Waals surface area contributed by atoms with E-state index in [1.54, 1.807) is 0 Å². The van der Waals surface area contributed by atoms with Gasteiger partial charge in [-0.2, -0.15) is 0 Å². The molecule has 0 unspecified atom stereocenters. The largest absolute Gasteiger partial charge is 0.477 e. The van der Waals surface area contributed by atoms with Gasteiger partial charge in [0.25, 0.3) is 11.6 Å². The lowest BCUT2D eigenvalue weighted by molar-refractivity contribution is -0.406. The fourth-order valence-electron chi connectivity index (χ4n) is 10.7. The van der Waals surface area contributed by atoms with Crippen molar-refractivity contribution in [2.75, 3.05) is 39.6 Å². The second-order valence-corrected chi connectivity index (χ2v) is 21.3. The van der Waals surface area contributed by atoms with E-state index in [2.05, 4.69) is 10.6 Å². The van der Waals surface area contributed by atoms with Crippen LogP contribution in [0.2, 0.25) is 0 Å². The molecule has 0 aromatic carbocycles. The predicted molar refractivity (Wildman–Crippen MR) is 260 cm³/mol. The Morgan fingerprint density at radius 3 is 0.989 bits per heavy atom. The van der Waals surface area contributed by atoms with Gasteiger partial charge in [-0.25, -0.2) is 9.59 Å². The van der Waals surface area contributed by atoms with Gasteiger partial charge in [-0.1, -0.05) is 0 Å². The Morgan fingerprint density at radius 2 is 0.713 bits per heavy atom. The summed E-state index contributed by atoms with van der Waals surface area (Å²) in [6.07, 6.45) is -68.5. The first-order chi connectivity index (χ1) is 40.7. The van der Waals surface area contributed by atoms with Crippen LogP contribution in [0.3, 0.4) is 0 Å². The van der Waals surface area contributed by atoms with Crippen LogP contribution in [0.5, 0.6) is 0 Å². The maximum atomic E-state index is 12.6. The molecule has 0 aromatic rings. The third-order valence-corrected chi connectivity index (χ3v) is 15.4. The highest BCUT2D eigenvalue weighted by Crippen LogP contribution is 2.40. The molecule has 6 fully saturated rings. The third-order valence-electron chi connectivity index (χ3n) is 15.4. The van der Waals surface area contributed by atoms with Crippen LogP contribution in [0.1, 0.15) is 13.8 Å². The van der Waals surface area contributed by atoms with E-state index in [9.17, 15) is 142 Å². The summed E-state index contributed by atoms with van der Waals surface area (Å²) in [7, 11) is 0. The van der Waals surface area contributed by atoms with Gasteiger partial charge in [0.15, 0.2) is 37.4 Å². The van der Waals surface area contributed by atoms with Gasteiger partial charge >= 0.3 is 11.9 Å². The first kappa shape index (κ1) is 72.6. The number of amides is 2. The Labute approximate surface area is 488 Å². The Balaban J connectivity index is 1.17. The number of aliphatic hydroxyl groups is 22. The fraction of sp³-hybridized carbons (Fsp3) is 0.913. The van der Waals surface area contributed by atoms with Crippen LogP contribution in [0, 0.1) is 0 Å². The Kier molecular flexibility index (Phi) is 24.9. The van der Waals surface area contributed by atoms with E-state index in [4.69, 9.17) is 52.1 Å². The number of hydrogen-bond acceptors (Lipinski definition) is 37. The Bertz CT molecular complexity index is 2110. The molecule has 26 N–H and O–H groups in total. The number of nitrogens with one attached hydrogen (secondary N) is 2. The molecule has 0 spiro atoms. The smallest absolute Gasteiger partial charge is 0.367 e. The molecule has 0 aliphatic carbocycles. The maximum absolute atomic E-state index is 12.6. The summed E-state index contributed by atoms with van der Waals surface area (Å²) >= 11 is 0. The van der Waals surface area contributed by atoms with Gasteiger partial charge in [-0.15, -0.1) is 0 Å². The molecule has 87 heavy (non-hydrogen) atoms. The highest BCUT2D eigenvalue weighted by Gasteiger charge is 2.66. The lowest BCUT2D eigenvalue weighted by Crippen LogP contribution is -2.75. The second kappa shape index (κ2) is 29.9. The van der Waals surface area contributed by atoms with Crippen molar-refractivity contribution >= 4 is 23.8 Å². The van der Waals surface area contributed by atoms with Gasteiger partial charge in [-0.05, 0) is 0 Å². The third kappa shape index (κ3) is 14.8. The van der Waals surface area contributed by atoms with Crippen molar-refractivity contribution in [2.24, 2.45) is 0 Å². The van der Waals surface area contributed by atoms with Crippen LogP contribution in [0.4, 0.5) is 0 Å². The minimum Gasteiger partial charge on any atom is -0.477 e. The van der Waals surface area contributed by atoms with Crippen LogP contribution >= 0.6 is 0 Å². The number of aliphatic hydroxyl groups excluding tert-OH is 20. The van der Waals surface area contributed by atoms with Crippen LogP contribution in [-0.2, 0) is 71.3 Å². The van der Waals surface area contributed by atoms with E-state index in [1.807, 2.05) is 0 Å². The van der Waals surface area contributed by atoms with Gasteiger partial charge in [-0.3, -0.25) is 9.59 Å². The van der Waals surface area contributed by atoms with E-state index >= 15 is 0 Å². The average Bonchev–Trinajstić information content (AvgIpc) is 0.799. The molecule has 6 rings (SSSR count). The summed E-state index contributed by atoms with van der Waals surface area (Å²) < 4.78 is 60.5. The lowest BCUT2D eigenvalue weighted by atomic mass is 9.86. The number of rotatable bonds is 24. The first-order valence-corrected chi connectivity index (χ1v) is 26.6. The Morgan fingerprint density at radius 1 is 0.414 bits per heavy atom. The summed E-state index contributed by atoms with van der Waals surface area (Å²) in [5.74, 6) is -14.3. The van der Waals surface area contributed by atoms with Crippen LogP contribution in [-0.4, -0.2) is 393 Å². The van der Waals surface area contributed by atoms with E-state index in [0.29, 0.717) is 0 Å². The predicted octanol–water partition coefficient (Wildman–Crippen LogP) is -17.5. The van der Waals surface area contributed by atoms with Crippen LogP contribution in [0.15, 0.2) is 0 Å². The standard InChI is InChI=1S/C46H76N2O39/c1-9(55)47-17-23(63)37(45(75,43(71)72)86-33(17)19(59)11(57)3-49)81-35-21(61)13(5-51)77-41(29(35)69)83-31-15(7-53)79-39(27(67)25(31)65)85-40-28(68)26(66)32(16(8-54)80-40)84-42-30(70)36(22(62)14(6-52)78-42)82-38-24(64)18(48-10(2)56)34(20(60)12(58)4-50)87-46(38,76)44(73)74/h11-42,49-54,57-70,75-76H,3-8H2,1-2H3,(H,47,55)(H,48,56)(H,71,72)(H,73,74)/t11-,12-,13-,14-,15-,16-,17-,18-,19-,20-,21+,22+,23-,24-,25-,26-,27-,28-,29-,30-,31-,32+,33-,34-,35+,36+,37-,38-,39-,40+,41+,42+,45+,46+/m1/s1. The van der Waals surface area contributed by atoms with Crippen molar-refractivity contribution in [3.8, 4) is 0 Å². The molecule has 6 saturated heterocycles. The van der Waals surface area contributed by atoms with Crippen LogP contribution in [0.25, 0.3) is 0 Å². The summed E-state index contributed by atoms with van der Waals surface area (Å²) in [6.45, 7) is -5.38. The zero-order chi connectivity index (χ0) is 65.2. The van der Waals surface area contributed by atoms with Crippen molar-refractivity contribution in [3.63, 3.8) is 0 Å². The summed E-state index contributed by atoms with van der Waals surface area (Å²) in [4.78, 5) is 49.5. The van der Waals surface area contributed by atoms with Crippen molar-refractivity contribution in [1.82, 2.24) is 10.6 Å². The average molecular weight is 1280 g/mol. The van der Waals surface area contributed by atoms with E-state index in [1.165, 1.54) is 0 Å². The number of carbonyl (C=O) groups excluding carboxylic acids is 2. The number of carboxylic acid groups (broad SMARTS) is 2. The zero-order valence-corrected chi connectivity index (χ0v) is 45.6. The second-order valence-electron chi connectivity index (χ2n) is 21.3. The van der Waals surface area contributed by atoms with Gasteiger partial charge < -0.3 is 185 Å². The summed E-state index contributed by atoms with van der Waals surface area (Å²) in [6, 6.07) is -4.00. The molecule has 0 aromatic heterocycles. The molecule has 6 aliphatic heterocycles. The normalized spacial score (nSPS) is 46.8. The molecule has 41 nitrogen and oxygen atoms in total. The van der Waals surface area contributed by atoms with E-state index in [0.717, 1.165) is 13.8 Å². The maximum Gasteiger partial charge on any atom is 0.367 e. The zero-order valence-electron chi connectivity index (χ0n) is 45.6. The number of aliphatic carboxylic acids is 2. The minimum atomic E-state index is -3.81. The molecule has 41 heteroatoms.